The number of carboxylic acid groups (broad SMARTS) is 1. The number of aliphatic carboxylic acids is 1. The van der Waals surface area contributed by atoms with Gasteiger partial charge in [0.05, 0.1) is 5.41 Å². The molecule has 114 valence electrons. The van der Waals surface area contributed by atoms with Crippen LogP contribution in [0.5, 0.6) is 0 Å². The first-order valence-corrected chi connectivity index (χ1v) is 6.84. The van der Waals surface area contributed by atoms with E-state index >= 15 is 0 Å². The zero-order valence-corrected chi connectivity index (χ0v) is 12.1. The zero-order chi connectivity index (χ0) is 15.2. The van der Waals surface area contributed by atoms with Crippen molar-refractivity contribution >= 4 is 17.9 Å². The molecule has 3 amide bonds. The Balaban J connectivity index is 2.53. The summed E-state index contributed by atoms with van der Waals surface area (Å²) in [5, 5.41) is 14.5. The van der Waals surface area contributed by atoms with Gasteiger partial charge in [-0.3, -0.25) is 9.59 Å². The minimum Gasteiger partial charge on any atom is -0.481 e. The Morgan fingerprint density at radius 1 is 1.20 bits per heavy atom. The van der Waals surface area contributed by atoms with Gasteiger partial charge in [-0.05, 0) is 12.8 Å². The summed E-state index contributed by atoms with van der Waals surface area (Å²) in [6.07, 6.45) is 3.95. The van der Waals surface area contributed by atoms with Crippen molar-refractivity contribution < 1.29 is 19.5 Å². The van der Waals surface area contributed by atoms with Crippen molar-refractivity contribution in [1.82, 2.24) is 15.5 Å². The molecule has 7 nitrogen and oxygen atoms in total. The standard InChI is InChI=1S/C13H23N3O4/c1-14-10(17)8-16(2)12(20)15-9-13(11(18)19)6-4-3-5-7-13/h3-9H2,1-2H3,(H,14,17)(H,15,20)(H,18,19). The number of likely N-dealkylation sites (N-methyl/N-ethyl adjacent to an activating group) is 2. The van der Waals surface area contributed by atoms with Crippen molar-refractivity contribution in [3.8, 4) is 0 Å². The number of nitrogens with zero attached hydrogens (tertiary/aromatic N) is 1. The molecule has 0 heterocycles. The quantitative estimate of drug-likeness (QED) is 0.681. The van der Waals surface area contributed by atoms with Crippen LogP contribution < -0.4 is 10.6 Å². The third-order valence-corrected chi connectivity index (χ3v) is 3.85. The van der Waals surface area contributed by atoms with Gasteiger partial charge in [0, 0.05) is 20.6 Å². The lowest BCUT2D eigenvalue weighted by molar-refractivity contribution is -0.150. The predicted molar refractivity (Wildman–Crippen MR) is 73.2 cm³/mol. The minimum atomic E-state index is -0.859. The van der Waals surface area contributed by atoms with E-state index in [1.54, 1.807) is 0 Å². The fraction of sp³-hybridized carbons (Fsp3) is 0.769. The van der Waals surface area contributed by atoms with Crippen molar-refractivity contribution in [3.63, 3.8) is 0 Å². The Morgan fingerprint density at radius 2 is 1.80 bits per heavy atom. The molecule has 7 heteroatoms. The first-order chi connectivity index (χ1) is 9.41. The van der Waals surface area contributed by atoms with E-state index in [4.69, 9.17) is 0 Å². The van der Waals surface area contributed by atoms with Crippen molar-refractivity contribution in [2.75, 3.05) is 27.2 Å². The van der Waals surface area contributed by atoms with Gasteiger partial charge in [0.1, 0.15) is 6.54 Å². The van der Waals surface area contributed by atoms with Crippen LogP contribution in [-0.2, 0) is 9.59 Å². The third-order valence-electron chi connectivity index (χ3n) is 3.85. The molecule has 0 bridgehead atoms. The lowest BCUT2D eigenvalue weighted by Crippen LogP contribution is -2.49. The summed E-state index contributed by atoms with van der Waals surface area (Å²) in [7, 11) is 2.99. The second-order valence-corrected chi connectivity index (χ2v) is 5.33. The molecule has 0 spiro atoms. The molecule has 1 aliphatic rings. The minimum absolute atomic E-state index is 0.0532. The Labute approximate surface area is 118 Å². The number of carbonyl (C=O) groups excluding carboxylic acids is 2. The zero-order valence-electron chi connectivity index (χ0n) is 12.1. The molecule has 0 saturated heterocycles. The molecule has 1 aliphatic carbocycles. The average Bonchev–Trinajstić information content (AvgIpc) is 2.45. The van der Waals surface area contributed by atoms with E-state index < -0.39 is 17.4 Å². The van der Waals surface area contributed by atoms with Crippen molar-refractivity contribution in [2.45, 2.75) is 32.1 Å². The van der Waals surface area contributed by atoms with Gasteiger partial charge in [-0.1, -0.05) is 19.3 Å². The van der Waals surface area contributed by atoms with Crippen LogP contribution in [-0.4, -0.2) is 55.1 Å². The molecular weight excluding hydrogens is 262 g/mol. The summed E-state index contributed by atoms with van der Waals surface area (Å²) in [5.41, 5.74) is -0.859. The van der Waals surface area contributed by atoms with E-state index in [0.29, 0.717) is 12.8 Å². The van der Waals surface area contributed by atoms with Gasteiger partial charge in [0.2, 0.25) is 5.91 Å². The lowest BCUT2D eigenvalue weighted by atomic mass is 9.74. The van der Waals surface area contributed by atoms with Gasteiger partial charge < -0.3 is 20.6 Å². The van der Waals surface area contributed by atoms with Gasteiger partial charge >= 0.3 is 12.0 Å². The number of hydrogen-bond donors (Lipinski definition) is 3. The fourth-order valence-corrected chi connectivity index (χ4v) is 2.44. The van der Waals surface area contributed by atoms with E-state index in [2.05, 4.69) is 10.6 Å². The highest BCUT2D eigenvalue weighted by atomic mass is 16.4. The van der Waals surface area contributed by atoms with E-state index in [1.165, 1.54) is 19.0 Å². The lowest BCUT2D eigenvalue weighted by Gasteiger charge is -2.33. The van der Waals surface area contributed by atoms with E-state index in [9.17, 15) is 19.5 Å². The third kappa shape index (κ3) is 4.11. The van der Waals surface area contributed by atoms with E-state index in [1.807, 2.05) is 0 Å². The summed E-state index contributed by atoms with van der Waals surface area (Å²) in [6.45, 7) is 0.0572. The Kier molecular flexibility index (Phi) is 5.79. The number of nitrogens with one attached hydrogen (secondary N) is 2. The first kappa shape index (κ1) is 16.3. The number of rotatable bonds is 5. The first-order valence-electron chi connectivity index (χ1n) is 6.84. The van der Waals surface area contributed by atoms with Crippen LogP contribution in [0.25, 0.3) is 0 Å². The van der Waals surface area contributed by atoms with Crippen LogP contribution >= 0.6 is 0 Å². The van der Waals surface area contributed by atoms with E-state index in [-0.39, 0.29) is 19.0 Å². The molecular formula is C13H23N3O4. The van der Waals surface area contributed by atoms with Gasteiger partial charge in [-0.25, -0.2) is 4.79 Å². The molecule has 0 aromatic heterocycles. The number of amides is 3. The molecule has 0 atom stereocenters. The number of carboxylic acids is 1. The molecule has 0 aromatic carbocycles. The molecule has 0 aromatic rings. The summed E-state index contributed by atoms with van der Waals surface area (Å²) in [5.74, 6) is -1.13. The van der Waals surface area contributed by atoms with Crippen LogP contribution in [0.4, 0.5) is 4.79 Å². The van der Waals surface area contributed by atoms with Gasteiger partial charge in [0.15, 0.2) is 0 Å². The molecule has 0 unspecified atom stereocenters. The number of hydrogen-bond acceptors (Lipinski definition) is 3. The molecule has 0 aliphatic heterocycles. The molecule has 20 heavy (non-hydrogen) atoms. The Bertz CT molecular complexity index is 378. The number of urea groups is 1. The summed E-state index contributed by atoms with van der Waals surface area (Å²) >= 11 is 0. The van der Waals surface area contributed by atoms with Gasteiger partial charge in [-0.15, -0.1) is 0 Å². The fourth-order valence-electron chi connectivity index (χ4n) is 2.44. The summed E-state index contributed by atoms with van der Waals surface area (Å²) < 4.78 is 0. The second kappa shape index (κ2) is 7.12. The molecule has 1 fully saturated rings. The van der Waals surface area contributed by atoms with Gasteiger partial charge in [-0.2, -0.15) is 0 Å². The highest BCUT2D eigenvalue weighted by molar-refractivity contribution is 5.84. The maximum Gasteiger partial charge on any atom is 0.317 e. The molecule has 1 rings (SSSR count). The normalized spacial score (nSPS) is 17.1. The highest BCUT2D eigenvalue weighted by Gasteiger charge is 2.39. The van der Waals surface area contributed by atoms with Crippen LogP contribution in [0.1, 0.15) is 32.1 Å². The van der Waals surface area contributed by atoms with Crippen molar-refractivity contribution in [3.05, 3.63) is 0 Å². The van der Waals surface area contributed by atoms with E-state index in [0.717, 1.165) is 19.3 Å². The Hall–Kier alpha value is -1.79. The SMILES string of the molecule is CNC(=O)CN(C)C(=O)NCC1(C(=O)O)CCCCC1. The van der Waals surface area contributed by atoms with Crippen LogP contribution in [0.15, 0.2) is 0 Å². The topological polar surface area (TPSA) is 98.7 Å². The largest absolute Gasteiger partial charge is 0.481 e. The summed E-state index contributed by atoms with van der Waals surface area (Å²) in [4.78, 5) is 35.7. The monoisotopic (exact) mass is 285 g/mol. The van der Waals surface area contributed by atoms with Crippen LogP contribution in [0.2, 0.25) is 0 Å². The smallest absolute Gasteiger partial charge is 0.317 e. The predicted octanol–water partition coefficient (Wildman–Crippen LogP) is 0.409. The average molecular weight is 285 g/mol. The van der Waals surface area contributed by atoms with Crippen LogP contribution in [0, 0.1) is 5.41 Å². The molecule has 3 N–H and O–H groups in total. The van der Waals surface area contributed by atoms with Crippen LogP contribution in [0.3, 0.4) is 0 Å². The maximum absolute atomic E-state index is 11.8. The maximum atomic E-state index is 11.8. The number of carbonyl (C=O) groups is 3. The molecule has 1 saturated carbocycles. The summed E-state index contributed by atoms with van der Waals surface area (Å²) in [6, 6.07) is -0.431. The highest BCUT2D eigenvalue weighted by Crippen LogP contribution is 2.35. The Morgan fingerprint density at radius 3 is 2.30 bits per heavy atom. The van der Waals surface area contributed by atoms with Crippen molar-refractivity contribution in [2.24, 2.45) is 5.41 Å². The van der Waals surface area contributed by atoms with Crippen molar-refractivity contribution in [1.29, 1.82) is 0 Å². The molecule has 0 radical (unpaired) electrons. The van der Waals surface area contributed by atoms with Gasteiger partial charge in [0.25, 0.3) is 0 Å². The second-order valence-electron chi connectivity index (χ2n) is 5.33.